The van der Waals surface area contributed by atoms with E-state index in [1.807, 2.05) is 59.5 Å². The molecule has 5 amide bonds. The Morgan fingerprint density at radius 1 is 0.534 bits per heavy atom. The molecule has 548 valence electrons. The Hall–Kier alpha value is -8.92. The number of rotatable bonds is 20. The van der Waals surface area contributed by atoms with Crippen LogP contribution in [0.1, 0.15) is 179 Å². The van der Waals surface area contributed by atoms with Crippen LogP contribution in [-0.2, 0) is 41.9 Å². The van der Waals surface area contributed by atoms with Gasteiger partial charge in [-0.05, 0) is 171 Å². The first-order valence-corrected chi connectivity index (χ1v) is 38.2. The SMILES string of the molecule is C[C@@H](C(=O)N[C@H](C(=O)N1CCC[C@H]1c1nc(-c2ccc(OCc3ccccc3)c3ccccc23)cs1)C1CCCCC1)N(C)C(=O)OC(C)(C)C.C[C@@H](C(=O)N[C@H](C(=O)O)C1CCCCC1)N(C)C(=O)OC(C)(C)C.c1ccc(COc2ccc(-c3csc([C@@H]4CCCN4)n3)c3ccccc23)cc1. The quantitative estimate of drug-likeness (QED) is 0.0556. The van der Waals surface area contributed by atoms with Crippen molar-refractivity contribution in [3.05, 3.63) is 165 Å². The molecule has 12 rings (SSSR count). The van der Waals surface area contributed by atoms with E-state index in [9.17, 15) is 33.9 Å². The molecule has 4 heterocycles. The number of likely N-dealkylation sites (N-methyl/N-ethyl adjacent to an activating group) is 2. The second-order valence-electron chi connectivity index (χ2n) is 29.5. The Bertz CT molecular complexity index is 4150. The third-order valence-corrected chi connectivity index (χ3v) is 21.6. The van der Waals surface area contributed by atoms with Gasteiger partial charge < -0.3 is 44.9 Å². The van der Waals surface area contributed by atoms with E-state index in [-0.39, 0.29) is 29.7 Å². The van der Waals surface area contributed by atoms with E-state index in [0.717, 1.165) is 139 Å². The van der Waals surface area contributed by atoms with Gasteiger partial charge in [-0.15, -0.1) is 22.7 Å². The van der Waals surface area contributed by atoms with Gasteiger partial charge in [0.2, 0.25) is 17.7 Å². The molecule has 4 fully saturated rings. The topological polar surface area (TPSA) is 231 Å². The second kappa shape index (κ2) is 35.5. The standard InChI is InChI=1S/C41H50N4O5S.C24H22N2OS.C17H30N2O5/c1-27(44(5)40(48)50-41(2,3)4)37(46)43-36(29-17-10-7-11-18-29)39(47)45-24-14-21-34(45)38-42-33(26-51-38)31-22-23-35(32-20-13-12-19-30(31)32)49-25-28-15-8-6-9-16-28;1-2-7-17(8-3-1)15-27-23-13-12-19(18-9-4-5-10-20(18)23)22-16-28-24(26-22)21-11-6-14-25-21;1-11(19(5)16(23)24-17(2,3)4)14(20)18-13(15(21)22)12-9-7-6-8-10-12/h6,8-9,12-13,15-16,19-20,22-23,26-27,29,34,36H,7,10-11,14,17-18,21,24-25H2,1-5H3,(H,43,46);1-5,7-10,12-13,16,21,25H,6,11,14-15H2;11-13H,6-10H2,1-5H3,(H,18,20)(H,21,22)/t27-,34-,36-;21-;11-,13-/m000/s1. The smallest absolute Gasteiger partial charge is 0.410 e. The van der Waals surface area contributed by atoms with E-state index in [2.05, 4.69) is 106 Å². The first kappa shape index (κ1) is 76.7. The second-order valence-corrected chi connectivity index (χ2v) is 31.3. The van der Waals surface area contributed by atoms with E-state index in [1.165, 1.54) is 51.2 Å². The predicted octanol–water partition coefficient (Wildman–Crippen LogP) is 16.9. The molecule has 0 spiro atoms. The molecule has 6 aromatic carbocycles. The molecule has 6 atom stereocenters. The summed E-state index contributed by atoms with van der Waals surface area (Å²) in [5, 5.41) is 29.4. The van der Waals surface area contributed by atoms with Crippen molar-refractivity contribution in [2.24, 2.45) is 11.8 Å². The lowest BCUT2D eigenvalue weighted by Crippen LogP contribution is -2.56. The summed E-state index contributed by atoms with van der Waals surface area (Å²) < 4.78 is 23.1. The number of amides is 5. The number of carbonyl (C=O) groups excluding carboxylic acids is 5. The van der Waals surface area contributed by atoms with Gasteiger partial charge in [-0.1, -0.05) is 148 Å². The van der Waals surface area contributed by atoms with Gasteiger partial charge >= 0.3 is 18.2 Å². The third-order valence-electron chi connectivity index (χ3n) is 19.7. The first-order valence-electron chi connectivity index (χ1n) is 36.5. The number of likely N-dealkylation sites (tertiary alicyclic amines) is 1. The first-order chi connectivity index (χ1) is 49.4. The fourth-order valence-electron chi connectivity index (χ4n) is 13.8. The molecule has 8 aromatic rings. The number of aromatic nitrogens is 2. The molecule has 19 nitrogen and oxygen atoms in total. The average Bonchev–Trinajstić information content (AvgIpc) is 1.74. The highest BCUT2D eigenvalue weighted by molar-refractivity contribution is 7.10. The summed E-state index contributed by atoms with van der Waals surface area (Å²) >= 11 is 3.34. The van der Waals surface area contributed by atoms with Crippen LogP contribution in [-0.4, -0.2) is 128 Å². The summed E-state index contributed by atoms with van der Waals surface area (Å²) in [6, 6.07) is 42.5. The van der Waals surface area contributed by atoms with E-state index in [4.69, 9.17) is 28.9 Å². The van der Waals surface area contributed by atoms with Crippen LogP contribution in [0.5, 0.6) is 11.5 Å². The number of hydrogen-bond acceptors (Lipinski definition) is 15. The highest BCUT2D eigenvalue weighted by atomic mass is 32.1. The summed E-state index contributed by atoms with van der Waals surface area (Å²) in [5.41, 5.74) is 5.05. The number of benzene rings is 6. The van der Waals surface area contributed by atoms with Gasteiger partial charge in [-0.25, -0.2) is 24.4 Å². The van der Waals surface area contributed by atoms with Crippen LogP contribution in [0.25, 0.3) is 44.1 Å². The Morgan fingerprint density at radius 3 is 1.41 bits per heavy atom. The molecular weight excluding hydrogens is 1340 g/mol. The largest absolute Gasteiger partial charge is 0.488 e. The van der Waals surface area contributed by atoms with Crippen molar-refractivity contribution < 1.29 is 52.8 Å². The van der Waals surface area contributed by atoms with Crippen LogP contribution in [0.3, 0.4) is 0 Å². The molecule has 21 heteroatoms. The maximum atomic E-state index is 14.5. The van der Waals surface area contributed by atoms with Crippen molar-refractivity contribution in [3.8, 4) is 34.0 Å². The van der Waals surface area contributed by atoms with Crippen LogP contribution >= 0.6 is 22.7 Å². The minimum Gasteiger partial charge on any atom is -0.488 e. The molecule has 4 aliphatic rings. The fraction of sp³-hybridized carbons (Fsp3) is 0.463. The average molecular weight is 1440 g/mol. The number of carboxylic acid groups (broad SMARTS) is 1. The number of nitrogens with one attached hydrogen (secondary N) is 3. The number of ether oxygens (including phenoxy) is 4. The Balaban J connectivity index is 0.000000184. The number of fused-ring (bicyclic) bond motifs is 2. The van der Waals surface area contributed by atoms with Crippen LogP contribution < -0.4 is 25.4 Å². The van der Waals surface area contributed by atoms with Crippen molar-refractivity contribution in [1.82, 2.24) is 40.6 Å². The summed E-state index contributed by atoms with van der Waals surface area (Å²) in [5.74, 6) is -0.214. The molecule has 0 bridgehead atoms. The Kier molecular flexibility index (Phi) is 26.4. The van der Waals surface area contributed by atoms with Crippen LogP contribution in [0.2, 0.25) is 0 Å². The maximum absolute atomic E-state index is 14.5. The summed E-state index contributed by atoms with van der Waals surface area (Å²) in [4.78, 5) is 91.3. The highest BCUT2D eigenvalue weighted by Gasteiger charge is 2.42. The summed E-state index contributed by atoms with van der Waals surface area (Å²) in [7, 11) is 3.02. The van der Waals surface area contributed by atoms with Crippen LogP contribution in [0.4, 0.5) is 9.59 Å². The molecular formula is C82H102N8O11S2. The number of thiazole rings is 2. The van der Waals surface area contributed by atoms with Crippen LogP contribution in [0.15, 0.2) is 144 Å². The molecule has 103 heavy (non-hydrogen) atoms. The molecule has 0 unspecified atom stereocenters. The normalized spacial score (nSPS) is 17.6. The Morgan fingerprint density at radius 2 is 0.961 bits per heavy atom. The lowest BCUT2D eigenvalue weighted by molar-refractivity contribution is -0.144. The molecule has 2 aliphatic heterocycles. The van der Waals surface area contributed by atoms with E-state index in [1.54, 1.807) is 85.1 Å². The highest BCUT2D eigenvalue weighted by Crippen LogP contribution is 2.42. The van der Waals surface area contributed by atoms with Gasteiger partial charge in [0.05, 0.1) is 23.5 Å². The fourth-order valence-corrected chi connectivity index (χ4v) is 15.7. The zero-order chi connectivity index (χ0) is 73.4. The van der Waals surface area contributed by atoms with Crippen molar-refractivity contribution >= 4 is 80.1 Å². The number of aliphatic carboxylic acids is 1. The van der Waals surface area contributed by atoms with Crippen molar-refractivity contribution in [3.63, 3.8) is 0 Å². The van der Waals surface area contributed by atoms with E-state index in [0.29, 0.717) is 25.8 Å². The number of hydrogen-bond donors (Lipinski definition) is 4. The van der Waals surface area contributed by atoms with Gasteiger partial charge in [0.15, 0.2) is 0 Å². The van der Waals surface area contributed by atoms with Crippen molar-refractivity contribution in [2.75, 3.05) is 27.2 Å². The maximum Gasteiger partial charge on any atom is 0.410 e. The summed E-state index contributed by atoms with van der Waals surface area (Å²) in [6.45, 7) is 16.6. The minimum atomic E-state index is -1.03. The van der Waals surface area contributed by atoms with Gasteiger partial charge in [-0.2, -0.15) is 0 Å². The number of nitrogens with zero attached hydrogens (tertiary/aromatic N) is 5. The Labute approximate surface area is 614 Å². The molecule has 0 radical (unpaired) electrons. The van der Waals surface area contributed by atoms with Gasteiger partial charge in [0.1, 0.15) is 70.1 Å². The number of carboxylic acids is 1. The lowest BCUT2D eigenvalue weighted by Gasteiger charge is -2.36. The van der Waals surface area contributed by atoms with Gasteiger partial charge in [-0.3, -0.25) is 24.2 Å². The molecule has 2 saturated carbocycles. The molecule has 4 N–H and O–H groups in total. The van der Waals surface area contributed by atoms with E-state index >= 15 is 0 Å². The molecule has 2 aliphatic carbocycles. The van der Waals surface area contributed by atoms with Crippen molar-refractivity contribution in [2.45, 2.75) is 206 Å². The monoisotopic (exact) mass is 1440 g/mol. The van der Waals surface area contributed by atoms with E-state index < -0.39 is 59.4 Å². The predicted molar refractivity (Wildman–Crippen MR) is 407 cm³/mol. The minimum absolute atomic E-state index is 0.0383. The molecule has 2 aromatic heterocycles. The summed E-state index contributed by atoms with van der Waals surface area (Å²) in [6.07, 6.45) is 12.5. The zero-order valence-corrected chi connectivity index (χ0v) is 62.9. The zero-order valence-electron chi connectivity index (χ0n) is 61.3. The number of carbonyl (C=O) groups is 6. The van der Waals surface area contributed by atoms with Gasteiger partial charge in [0, 0.05) is 53.3 Å². The molecule has 2 saturated heterocycles. The van der Waals surface area contributed by atoms with Crippen LogP contribution in [0, 0.1) is 11.8 Å². The third kappa shape index (κ3) is 20.5. The van der Waals surface area contributed by atoms with Gasteiger partial charge in [0.25, 0.3) is 0 Å². The van der Waals surface area contributed by atoms with Crippen molar-refractivity contribution in [1.29, 1.82) is 0 Å². The lowest BCUT2D eigenvalue weighted by atomic mass is 9.83.